The summed E-state index contributed by atoms with van der Waals surface area (Å²) in [4.78, 5) is 12.4. The minimum atomic E-state index is -0.282. The maximum Gasteiger partial charge on any atom is 0.331 e. The van der Waals surface area contributed by atoms with Crippen LogP contribution < -0.4 is 0 Å². The molecule has 0 fully saturated rings. The Balaban J connectivity index is 1.98. The van der Waals surface area contributed by atoms with Crippen molar-refractivity contribution in [2.45, 2.75) is 18.2 Å². The van der Waals surface area contributed by atoms with E-state index in [0.29, 0.717) is 6.61 Å². The monoisotopic (exact) mass is 272 g/mol. The first kappa shape index (κ1) is 13.7. The number of hydrogen-bond acceptors (Lipinski definition) is 3. The number of rotatable bonds is 5. The third-order valence-electron chi connectivity index (χ3n) is 2.58. The van der Waals surface area contributed by atoms with Crippen LogP contribution in [-0.2, 0) is 9.53 Å². The van der Waals surface area contributed by atoms with Gasteiger partial charge >= 0.3 is 5.97 Å². The molecule has 19 heavy (non-hydrogen) atoms. The molecule has 0 radical (unpaired) electrons. The van der Waals surface area contributed by atoms with Crippen LogP contribution in [-0.4, -0.2) is 12.6 Å². The molecule has 0 aromatic heterocycles. The lowest BCUT2D eigenvalue weighted by atomic mass is 10.1. The number of thioether (sulfide) groups is 1. The van der Waals surface area contributed by atoms with Gasteiger partial charge in [-0.1, -0.05) is 49.0 Å². The van der Waals surface area contributed by atoms with Gasteiger partial charge in [-0.2, -0.15) is 0 Å². The lowest BCUT2D eigenvalue weighted by Gasteiger charge is -2.00. The highest BCUT2D eigenvalue weighted by Crippen LogP contribution is 2.24. The SMILES string of the molecule is CCCOC(=O)C=CSc1ccc2ccccc2c1. The average Bonchev–Trinajstić information content (AvgIpc) is 2.45. The molecule has 0 heterocycles. The summed E-state index contributed by atoms with van der Waals surface area (Å²) >= 11 is 1.52. The summed E-state index contributed by atoms with van der Waals surface area (Å²) < 4.78 is 4.96. The number of esters is 1. The van der Waals surface area contributed by atoms with Crippen LogP contribution in [0, 0.1) is 0 Å². The normalized spacial score (nSPS) is 11.0. The molecule has 0 N–H and O–H groups in total. The summed E-state index contributed by atoms with van der Waals surface area (Å²) in [6.07, 6.45) is 2.31. The van der Waals surface area contributed by atoms with E-state index in [1.165, 1.54) is 28.6 Å². The fourth-order valence-corrected chi connectivity index (χ4v) is 2.34. The van der Waals surface area contributed by atoms with Crippen molar-refractivity contribution in [2.75, 3.05) is 6.61 Å². The summed E-state index contributed by atoms with van der Waals surface area (Å²) in [6, 6.07) is 14.5. The third kappa shape index (κ3) is 4.14. The predicted octanol–water partition coefficient (Wildman–Crippen LogP) is 4.40. The zero-order valence-electron chi connectivity index (χ0n) is 10.8. The molecule has 0 saturated carbocycles. The number of benzene rings is 2. The van der Waals surface area contributed by atoms with Crippen molar-refractivity contribution in [3.63, 3.8) is 0 Å². The maximum atomic E-state index is 11.3. The van der Waals surface area contributed by atoms with Crippen molar-refractivity contribution in [3.8, 4) is 0 Å². The molecule has 2 rings (SSSR count). The number of hydrogen-bond donors (Lipinski definition) is 0. The molecule has 2 aromatic carbocycles. The molecule has 0 aliphatic carbocycles. The van der Waals surface area contributed by atoms with Gasteiger partial charge in [0.2, 0.25) is 0 Å². The molecule has 0 saturated heterocycles. The van der Waals surface area contributed by atoms with Crippen molar-refractivity contribution in [1.82, 2.24) is 0 Å². The molecule has 2 nitrogen and oxygen atoms in total. The lowest BCUT2D eigenvalue weighted by molar-refractivity contribution is -0.137. The second-order valence-corrected chi connectivity index (χ2v) is 5.08. The molecule has 0 aliphatic rings. The molecule has 0 atom stereocenters. The smallest absolute Gasteiger partial charge is 0.331 e. The van der Waals surface area contributed by atoms with Crippen LogP contribution in [0.5, 0.6) is 0 Å². The highest BCUT2D eigenvalue weighted by Gasteiger charge is 1.97. The largest absolute Gasteiger partial charge is 0.463 e. The third-order valence-corrected chi connectivity index (χ3v) is 3.38. The van der Waals surface area contributed by atoms with Crippen molar-refractivity contribution in [2.24, 2.45) is 0 Å². The second-order valence-electron chi connectivity index (χ2n) is 4.10. The number of carbonyl (C=O) groups excluding carboxylic acids is 1. The fraction of sp³-hybridized carbons (Fsp3) is 0.188. The molecule has 0 amide bonds. The Kier molecular flexibility index (Phi) is 5.04. The first-order valence-electron chi connectivity index (χ1n) is 6.28. The van der Waals surface area contributed by atoms with Crippen molar-refractivity contribution in [3.05, 3.63) is 53.9 Å². The van der Waals surface area contributed by atoms with E-state index in [-0.39, 0.29) is 5.97 Å². The van der Waals surface area contributed by atoms with E-state index in [9.17, 15) is 4.79 Å². The van der Waals surface area contributed by atoms with Gasteiger partial charge in [0.1, 0.15) is 0 Å². The molecule has 0 spiro atoms. The Bertz CT molecular complexity index is 590. The van der Waals surface area contributed by atoms with E-state index in [1.807, 2.05) is 19.1 Å². The Labute approximate surface area is 117 Å². The Hall–Kier alpha value is -1.74. The summed E-state index contributed by atoms with van der Waals surface area (Å²) in [7, 11) is 0. The Morgan fingerprint density at radius 2 is 2.00 bits per heavy atom. The van der Waals surface area contributed by atoms with Gasteiger partial charge in [0.15, 0.2) is 0 Å². The first-order valence-corrected chi connectivity index (χ1v) is 7.16. The maximum absolute atomic E-state index is 11.3. The van der Waals surface area contributed by atoms with E-state index in [0.717, 1.165) is 11.3 Å². The number of carbonyl (C=O) groups is 1. The minimum absolute atomic E-state index is 0.282. The van der Waals surface area contributed by atoms with Crippen LogP contribution in [0.15, 0.2) is 58.8 Å². The molecule has 0 unspecified atom stereocenters. The van der Waals surface area contributed by atoms with Crippen LogP contribution in [0.3, 0.4) is 0 Å². The van der Waals surface area contributed by atoms with Gasteiger partial charge in [0, 0.05) is 11.0 Å². The van der Waals surface area contributed by atoms with Gasteiger partial charge in [-0.3, -0.25) is 0 Å². The topological polar surface area (TPSA) is 26.3 Å². The molecular weight excluding hydrogens is 256 g/mol. The Morgan fingerprint density at radius 3 is 2.79 bits per heavy atom. The van der Waals surface area contributed by atoms with Crippen LogP contribution in [0.25, 0.3) is 10.8 Å². The van der Waals surface area contributed by atoms with Crippen molar-refractivity contribution < 1.29 is 9.53 Å². The van der Waals surface area contributed by atoms with Crippen LogP contribution in [0.4, 0.5) is 0 Å². The zero-order chi connectivity index (χ0) is 13.5. The van der Waals surface area contributed by atoms with Crippen LogP contribution in [0.2, 0.25) is 0 Å². The standard InChI is InChI=1S/C16H16O2S/c1-2-10-18-16(17)9-11-19-15-8-7-13-5-3-4-6-14(13)12-15/h3-9,11-12H,2,10H2,1H3. The van der Waals surface area contributed by atoms with Gasteiger partial charge in [-0.05, 0) is 34.7 Å². The molecule has 0 aliphatic heterocycles. The minimum Gasteiger partial charge on any atom is -0.463 e. The van der Waals surface area contributed by atoms with Gasteiger partial charge in [0.05, 0.1) is 6.61 Å². The lowest BCUT2D eigenvalue weighted by Crippen LogP contribution is -2.00. The van der Waals surface area contributed by atoms with E-state index < -0.39 is 0 Å². The van der Waals surface area contributed by atoms with Crippen LogP contribution in [0.1, 0.15) is 13.3 Å². The zero-order valence-corrected chi connectivity index (χ0v) is 11.7. The summed E-state index contributed by atoms with van der Waals surface area (Å²) in [5.41, 5.74) is 0. The van der Waals surface area contributed by atoms with Gasteiger partial charge in [0.25, 0.3) is 0 Å². The summed E-state index contributed by atoms with van der Waals surface area (Å²) in [5.74, 6) is -0.282. The van der Waals surface area contributed by atoms with Gasteiger partial charge in [-0.25, -0.2) is 4.79 Å². The molecule has 0 bridgehead atoms. The summed E-state index contributed by atoms with van der Waals surface area (Å²) in [6.45, 7) is 2.45. The van der Waals surface area contributed by atoms with Gasteiger partial charge < -0.3 is 4.74 Å². The molecule has 98 valence electrons. The number of fused-ring (bicyclic) bond motifs is 1. The highest BCUT2D eigenvalue weighted by atomic mass is 32.2. The number of ether oxygens (including phenoxy) is 1. The Morgan fingerprint density at radius 1 is 1.21 bits per heavy atom. The second kappa shape index (κ2) is 7.00. The molecule has 2 aromatic rings. The fourth-order valence-electron chi connectivity index (χ4n) is 1.66. The van der Waals surface area contributed by atoms with Crippen molar-refractivity contribution in [1.29, 1.82) is 0 Å². The summed E-state index contributed by atoms with van der Waals surface area (Å²) in [5, 5.41) is 4.19. The van der Waals surface area contributed by atoms with E-state index in [2.05, 4.69) is 30.3 Å². The van der Waals surface area contributed by atoms with E-state index in [4.69, 9.17) is 4.74 Å². The van der Waals surface area contributed by atoms with E-state index >= 15 is 0 Å². The molecule has 3 heteroatoms. The van der Waals surface area contributed by atoms with Crippen LogP contribution >= 0.6 is 11.8 Å². The molecular formula is C16H16O2S. The van der Waals surface area contributed by atoms with E-state index in [1.54, 1.807) is 5.41 Å². The first-order chi connectivity index (χ1) is 9.29. The average molecular weight is 272 g/mol. The predicted molar refractivity (Wildman–Crippen MR) is 80.2 cm³/mol. The quantitative estimate of drug-likeness (QED) is 0.458. The highest BCUT2D eigenvalue weighted by molar-refractivity contribution is 8.02. The van der Waals surface area contributed by atoms with Crippen molar-refractivity contribution >= 4 is 28.5 Å². The van der Waals surface area contributed by atoms with Gasteiger partial charge in [-0.15, -0.1) is 0 Å².